The van der Waals surface area contributed by atoms with Gasteiger partial charge in [0.1, 0.15) is 34.6 Å². The Morgan fingerprint density at radius 2 is 1.82 bits per heavy atom. The molecule has 1 heterocycles. The van der Waals surface area contributed by atoms with E-state index in [4.69, 9.17) is 36.3 Å². The fourth-order valence-corrected chi connectivity index (χ4v) is 3.70. The molecule has 0 fully saturated rings. The number of halogens is 1. The van der Waals surface area contributed by atoms with Gasteiger partial charge in [0.15, 0.2) is 6.61 Å². The Labute approximate surface area is 195 Å². The minimum absolute atomic E-state index is 0.0127. The quantitative estimate of drug-likeness (QED) is 0.423. The van der Waals surface area contributed by atoms with Gasteiger partial charge in [0, 0.05) is 16.7 Å². The number of carbonyl (C=O) groups is 1. The first-order valence-corrected chi connectivity index (χ1v) is 10.3. The molecule has 3 aromatic carbocycles. The van der Waals surface area contributed by atoms with E-state index in [1.807, 2.05) is 6.07 Å². The molecule has 7 nitrogen and oxygen atoms in total. The van der Waals surface area contributed by atoms with Gasteiger partial charge in [-0.05, 0) is 48.0 Å². The maximum Gasteiger partial charge on any atom is 0.349 e. The van der Waals surface area contributed by atoms with Crippen LogP contribution in [0.25, 0.3) is 0 Å². The summed E-state index contributed by atoms with van der Waals surface area (Å²) in [6.45, 7) is -0.282. The number of carbonyl (C=O) groups excluding carboxylic acids is 1. The van der Waals surface area contributed by atoms with Crippen molar-refractivity contribution >= 4 is 17.6 Å². The van der Waals surface area contributed by atoms with Crippen LogP contribution >= 0.6 is 11.6 Å². The molecular weight excluding hydrogens is 444 g/mol. The summed E-state index contributed by atoms with van der Waals surface area (Å²) in [4.78, 5) is 12.3. The molecule has 166 valence electrons. The highest BCUT2D eigenvalue weighted by Gasteiger charge is 2.31. The highest BCUT2D eigenvalue weighted by molar-refractivity contribution is 6.30. The van der Waals surface area contributed by atoms with Crippen molar-refractivity contribution in [3.8, 4) is 29.1 Å². The monoisotopic (exact) mass is 462 g/mol. The first-order valence-electron chi connectivity index (χ1n) is 9.93. The summed E-state index contributed by atoms with van der Waals surface area (Å²) in [7, 11) is 1.57. The van der Waals surface area contributed by atoms with Gasteiger partial charge in [0.2, 0.25) is 5.88 Å². The Morgan fingerprint density at radius 1 is 1.09 bits per heavy atom. The van der Waals surface area contributed by atoms with Gasteiger partial charge in [0.05, 0.1) is 13.0 Å². The number of nitrogens with zero attached hydrogens (tertiary/aromatic N) is 1. The SMILES string of the molecule is COc1ccc(OCC(=O)Oc2ccc3c(c2)OC(N)=C(C#N)C3c2cccc(Cl)c2)cc1. The third kappa shape index (κ3) is 4.86. The Morgan fingerprint density at radius 3 is 2.52 bits per heavy atom. The molecule has 0 amide bonds. The second-order valence-electron chi connectivity index (χ2n) is 7.12. The standard InChI is InChI=1S/C25H19ClN2O5/c1-30-17-5-7-18(8-6-17)31-14-23(29)32-19-9-10-20-22(12-19)33-25(28)21(13-27)24(20)15-3-2-4-16(26)11-15/h2-12,24H,14,28H2,1H3. The van der Waals surface area contributed by atoms with Crippen LogP contribution in [0.3, 0.4) is 0 Å². The van der Waals surface area contributed by atoms with Gasteiger partial charge in [0.25, 0.3) is 0 Å². The summed E-state index contributed by atoms with van der Waals surface area (Å²) in [5, 5.41) is 10.2. The van der Waals surface area contributed by atoms with E-state index < -0.39 is 11.9 Å². The summed E-state index contributed by atoms with van der Waals surface area (Å²) < 4.78 is 21.6. The molecule has 0 aromatic heterocycles. The largest absolute Gasteiger partial charge is 0.497 e. The van der Waals surface area contributed by atoms with Gasteiger partial charge in [-0.25, -0.2) is 4.79 Å². The van der Waals surface area contributed by atoms with Crippen molar-refractivity contribution in [2.75, 3.05) is 13.7 Å². The van der Waals surface area contributed by atoms with Crippen molar-refractivity contribution < 1.29 is 23.7 Å². The lowest BCUT2D eigenvalue weighted by atomic mass is 9.83. The van der Waals surface area contributed by atoms with Crippen molar-refractivity contribution in [1.29, 1.82) is 5.26 Å². The predicted molar refractivity (Wildman–Crippen MR) is 121 cm³/mol. The minimum Gasteiger partial charge on any atom is -0.497 e. The molecule has 1 aliphatic rings. The molecule has 1 atom stereocenters. The van der Waals surface area contributed by atoms with Crippen LogP contribution in [0, 0.1) is 11.3 Å². The van der Waals surface area contributed by atoms with Crippen molar-refractivity contribution in [2.45, 2.75) is 5.92 Å². The average molecular weight is 463 g/mol. The summed E-state index contributed by atoms with van der Waals surface area (Å²) in [6, 6.07) is 21.1. The number of methoxy groups -OCH3 is 1. The number of hydrogen-bond acceptors (Lipinski definition) is 7. The number of esters is 1. The maximum atomic E-state index is 12.3. The highest BCUT2D eigenvalue weighted by atomic mass is 35.5. The van der Waals surface area contributed by atoms with E-state index in [2.05, 4.69) is 6.07 Å². The molecule has 8 heteroatoms. The van der Waals surface area contributed by atoms with E-state index >= 15 is 0 Å². The molecular formula is C25H19ClN2O5. The van der Waals surface area contributed by atoms with Gasteiger partial charge in [-0.2, -0.15) is 5.26 Å². The fraction of sp³-hybridized carbons (Fsp3) is 0.120. The smallest absolute Gasteiger partial charge is 0.349 e. The number of allylic oxidation sites excluding steroid dienone is 1. The third-order valence-electron chi connectivity index (χ3n) is 5.02. The highest BCUT2D eigenvalue weighted by Crippen LogP contribution is 2.43. The van der Waals surface area contributed by atoms with E-state index in [1.54, 1.807) is 67.8 Å². The van der Waals surface area contributed by atoms with Crippen LogP contribution in [0.2, 0.25) is 5.02 Å². The van der Waals surface area contributed by atoms with Gasteiger partial charge in [-0.1, -0.05) is 29.8 Å². The van der Waals surface area contributed by atoms with Crippen LogP contribution in [0.5, 0.6) is 23.0 Å². The number of benzene rings is 3. The molecule has 1 unspecified atom stereocenters. The molecule has 1 aliphatic heterocycles. The maximum absolute atomic E-state index is 12.3. The van der Waals surface area contributed by atoms with Gasteiger partial charge >= 0.3 is 5.97 Å². The summed E-state index contributed by atoms with van der Waals surface area (Å²) >= 11 is 6.15. The molecule has 0 saturated heterocycles. The second kappa shape index (κ2) is 9.55. The molecule has 0 aliphatic carbocycles. The van der Waals surface area contributed by atoms with E-state index in [0.717, 1.165) is 5.56 Å². The van der Waals surface area contributed by atoms with Gasteiger partial charge in [-0.15, -0.1) is 0 Å². The number of ether oxygens (including phenoxy) is 4. The lowest BCUT2D eigenvalue weighted by Gasteiger charge is -2.26. The molecule has 3 aromatic rings. The first kappa shape index (κ1) is 22.1. The van der Waals surface area contributed by atoms with Crippen molar-refractivity contribution in [3.63, 3.8) is 0 Å². The summed E-state index contributed by atoms with van der Waals surface area (Å²) in [6.07, 6.45) is 0. The summed E-state index contributed by atoms with van der Waals surface area (Å²) in [5.41, 5.74) is 7.80. The fourth-order valence-electron chi connectivity index (χ4n) is 3.50. The average Bonchev–Trinajstić information content (AvgIpc) is 2.82. The van der Waals surface area contributed by atoms with E-state index in [-0.39, 0.29) is 23.8 Å². The van der Waals surface area contributed by atoms with E-state index in [9.17, 15) is 10.1 Å². The molecule has 0 spiro atoms. The molecule has 0 bridgehead atoms. The molecule has 0 saturated carbocycles. The predicted octanol–water partition coefficient (Wildman–Crippen LogP) is 4.55. The number of nitrogens with two attached hydrogens (primary N) is 1. The topological polar surface area (TPSA) is 104 Å². The van der Waals surface area contributed by atoms with Gasteiger partial charge < -0.3 is 24.7 Å². The molecule has 0 radical (unpaired) electrons. The molecule has 4 rings (SSSR count). The first-order chi connectivity index (χ1) is 16.0. The Hall–Kier alpha value is -4.15. The number of hydrogen-bond donors (Lipinski definition) is 1. The van der Waals surface area contributed by atoms with E-state index in [0.29, 0.717) is 27.8 Å². The Balaban J connectivity index is 1.51. The third-order valence-corrected chi connectivity index (χ3v) is 5.26. The number of fused-ring (bicyclic) bond motifs is 1. The van der Waals surface area contributed by atoms with Crippen LogP contribution in [-0.4, -0.2) is 19.7 Å². The summed E-state index contributed by atoms with van der Waals surface area (Å²) in [5.74, 6) is 0.778. The Bertz CT molecular complexity index is 1260. The van der Waals surface area contributed by atoms with Crippen LogP contribution in [-0.2, 0) is 4.79 Å². The van der Waals surface area contributed by atoms with Crippen molar-refractivity contribution in [1.82, 2.24) is 0 Å². The number of nitriles is 1. The minimum atomic E-state index is -0.589. The van der Waals surface area contributed by atoms with Crippen LogP contribution in [0.15, 0.2) is 78.2 Å². The van der Waals surface area contributed by atoms with Crippen LogP contribution in [0.4, 0.5) is 0 Å². The number of rotatable bonds is 6. The zero-order valence-corrected chi connectivity index (χ0v) is 18.3. The zero-order chi connectivity index (χ0) is 23.4. The molecule has 2 N–H and O–H groups in total. The van der Waals surface area contributed by atoms with Crippen LogP contribution < -0.4 is 24.7 Å². The van der Waals surface area contributed by atoms with Gasteiger partial charge in [-0.3, -0.25) is 0 Å². The van der Waals surface area contributed by atoms with E-state index in [1.165, 1.54) is 0 Å². The lowest BCUT2D eigenvalue weighted by molar-refractivity contribution is -0.136. The van der Waals surface area contributed by atoms with Crippen LogP contribution in [0.1, 0.15) is 17.0 Å². The lowest BCUT2D eigenvalue weighted by Crippen LogP contribution is -2.21. The molecule has 33 heavy (non-hydrogen) atoms. The second-order valence-corrected chi connectivity index (χ2v) is 7.55. The zero-order valence-electron chi connectivity index (χ0n) is 17.6. The Kier molecular flexibility index (Phi) is 6.38. The normalized spacial score (nSPS) is 14.5. The van der Waals surface area contributed by atoms with Crippen molar-refractivity contribution in [3.05, 3.63) is 94.3 Å². The van der Waals surface area contributed by atoms with Crippen molar-refractivity contribution in [2.24, 2.45) is 5.73 Å².